The van der Waals surface area contributed by atoms with Crippen LogP contribution < -0.4 is 4.74 Å². The topological polar surface area (TPSA) is 39.9 Å². The number of halogens is 1. The monoisotopic (exact) mass is 189 g/mol. The SMILES string of the molecule is COc1nn(C(C)(C)C)nc1Cl. The van der Waals surface area contributed by atoms with Crippen LogP contribution >= 0.6 is 11.6 Å². The third-order valence-electron chi connectivity index (χ3n) is 1.34. The lowest BCUT2D eigenvalue weighted by atomic mass is 10.1. The molecule has 0 saturated heterocycles. The van der Waals surface area contributed by atoms with Crippen LogP contribution in [-0.4, -0.2) is 22.1 Å². The van der Waals surface area contributed by atoms with Crippen molar-refractivity contribution >= 4 is 11.6 Å². The molecule has 0 unspecified atom stereocenters. The number of hydrogen-bond donors (Lipinski definition) is 0. The van der Waals surface area contributed by atoms with Crippen LogP contribution in [0.1, 0.15) is 20.8 Å². The summed E-state index contributed by atoms with van der Waals surface area (Å²) in [4.78, 5) is 1.54. The smallest absolute Gasteiger partial charge is 0.272 e. The van der Waals surface area contributed by atoms with Crippen LogP contribution in [0.3, 0.4) is 0 Å². The van der Waals surface area contributed by atoms with E-state index >= 15 is 0 Å². The highest BCUT2D eigenvalue weighted by Gasteiger charge is 2.19. The molecule has 1 aromatic heterocycles. The third-order valence-corrected chi connectivity index (χ3v) is 1.58. The summed E-state index contributed by atoms with van der Waals surface area (Å²) < 4.78 is 4.89. The summed E-state index contributed by atoms with van der Waals surface area (Å²) in [5.74, 6) is 0.367. The molecular weight excluding hydrogens is 178 g/mol. The first-order chi connectivity index (χ1) is 5.45. The fourth-order valence-corrected chi connectivity index (χ4v) is 0.887. The lowest BCUT2D eigenvalue weighted by molar-refractivity contribution is 0.299. The molecule has 0 bridgehead atoms. The highest BCUT2D eigenvalue weighted by atomic mass is 35.5. The number of nitrogens with zero attached hydrogens (tertiary/aromatic N) is 3. The molecule has 0 aliphatic heterocycles. The molecule has 0 N–H and O–H groups in total. The Morgan fingerprint density at radius 3 is 2.17 bits per heavy atom. The first kappa shape index (κ1) is 9.32. The van der Waals surface area contributed by atoms with E-state index in [9.17, 15) is 0 Å². The predicted molar refractivity (Wildman–Crippen MR) is 46.6 cm³/mol. The molecule has 0 spiro atoms. The zero-order valence-electron chi connectivity index (χ0n) is 7.63. The molecular formula is C7H12ClN3O. The van der Waals surface area contributed by atoms with E-state index < -0.39 is 0 Å². The Morgan fingerprint density at radius 2 is 1.92 bits per heavy atom. The lowest BCUT2D eigenvalue weighted by Crippen LogP contribution is -2.24. The molecule has 5 heteroatoms. The van der Waals surface area contributed by atoms with E-state index in [4.69, 9.17) is 16.3 Å². The zero-order chi connectivity index (χ0) is 9.35. The van der Waals surface area contributed by atoms with Gasteiger partial charge in [-0.25, -0.2) is 0 Å². The van der Waals surface area contributed by atoms with Crippen LogP contribution in [0, 0.1) is 0 Å². The van der Waals surface area contributed by atoms with Crippen LogP contribution in [0.15, 0.2) is 0 Å². The molecule has 1 heterocycles. The minimum Gasteiger partial charge on any atom is -0.478 e. The van der Waals surface area contributed by atoms with Crippen LogP contribution in [0.4, 0.5) is 0 Å². The summed E-state index contributed by atoms with van der Waals surface area (Å²) in [5, 5.41) is 8.35. The molecule has 0 aliphatic carbocycles. The largest absolute Gasteiger partial charge is 0.478 e. The van der Waals surface area contributed by atoms with Crippen LogP contribution in [0.5, 0.6) is 5.88 Å². The predicted octanol–water partition coefficient (Wildman–Crippen LogP) is 1.70. The van der Waals surface area contributed by atoms with Crippen molar-refractivity contribution in [3.8, 4) is 5.88 Å². The molecule has 0 radical (unpaired) electrons. The van der Waals surface area contributed by atoms with Gasteiger partial charge in [-0.15, -0.1) is 10.2 Å². The molecule has 0 fully saturated rings. The molecule has 1 rings (SSSR count). The maximum Gasteiger partial charge on any atom is 0.272 e. The molecule has 4 nitrogen and oxygen atoms in total. The number of rotatable bonds is 1. The Balaban J connectivity index is 3.05. The van der Waals surface area contributed by atoms with Crippen molar-refractivity contribution in [1.29, 1.82) is 0 Å². The number of methoxy groups -OCH3 is 1. The minimum absolute atomic E-state index is 0.166. The third kappa shape index (κ3) is 1.69. The Morgan fingerprint density at radius 1 is 1.33 bits per heavy atom. The van der Waals surface area contributed by atoms with E-state index in [2.05, 4.69) is 10.2 Å². The van der Waals surface area contributed by atoms with Gasteiger partial charge in [0.25, 0.3) is 5.88 Å². The normalized spacial score (nSPS) is 11.8. The summed E-state index contributed by atoms with van der Waals surface area (Å²) in [7, 11) is 1.52. The quantitative estimate of drug-likeness (QED) is 0.675. The molecule has 12 heavy (non-hydrogen) atoms. The highest BCUT2D eigenvalue weighted by molar-refractivity contribution is 6.30. The van der Waals surface area contributed by atoms with Crippen molar-refractivity contribution in [1.82, 2.24) is 15.0 Å². The fraction of sp³-hybridized carbons (Fsp3) is 0.714. The maximum absolute atomic E-state index is 5.73. The van der Waals surface area contributed by atoms with Crippen LogP contribution in [0.25, 0.3) is 0 Å². The molecule has 0 saturated carbocycles. The molecule has 0 amide bonds. The lowest BCUT2D eigenvalue weighted by Gasteiger charge is -2.15. The Bertz CT molecular complexity index is 277. The van der Waals surface area contributed by atoms with Gasteiger partial charge in [-0.1, -0.05) is 11.6 Å². The second-order valence-electron chi connectivity index (χ2n) is 3.46. The van der Waals surface area contributed by atoms with Gasteiger partial charge in [0.05, 0.1) is 12.6 Å². The molecule has 68 valence electrons. The van der Waals surface area contributed by atoms with Gasteiger partial charge < -0.3 is 4.74 Å². The maximum atomic E-state index is 5.73. The fourth-order valence-electron chi connectivity index (χ4n) is 0.701. The summed E-state index contributed by atoms with van der Waals surface area (Å²) in [6, 6.07) is 0. The van der Waals surface area contributed by atoms with Crippen molar-refractivity contribution in [3.63, 3.8) is 0 Å². The molecule has 0 aliphatic rings. The van der Waals surface area contributed by atoms with E-state index in [0.717, 1.165) is 0 Å². The van der Waals surface area contributed by atoms with Crippen molar-refractivity contribution in [2.45, 2.75) is 26.3 Å². The number of aromatic nitrogens is 3. The molecule has 1 aromatic rings. The van der Waals surface area contributed by atoms with Gasteiger partial charge in [0.15, 0.2) is 0 Å². The Kier molecular flexibility index (Phi) is 2.28. The van der Waals surface area contributed by atoms with Crippen LogP contribution in [0.2, 0.25) is 5.15 Å². The highest BCUT2D eigenvalue weighted by Crippen LogP contribution is 2.21. The summed E-state index contributed by atoms with van der Waals surface area (Å²) in [6.07, 6.45) is 0. The van der Waals surface area contributed by atoms with Crippen LogP contribution in [-0.2, 0) is 5.54 Å². The van der Waals surface area contributed by atoms with Crippen molar-refractivity contribution < 1.29 is 4.74 Å². The van der Waals surface area contributed by atoms with Gasteiger partial charge in [0.2, 0.25) is 5.15 Å². The zero-order valence-corrected chi connectivity index (χ0v) is 8.38. The summed E-state index contributed by atoms with van der Waals surface area (Å²) in [6.45, 7) is 5.97. The standard InChI is InChI=1S/C7H12ClN3O/c1-7(2,3)11-9-5(8)6(10-11)12-4/h1-4H3. The van der Waals surface area contributed by atoms with Crippen molar-refractivity contribution in [2.24, 2.45) is 0 Å². The second-order valence-corrected chi connectivity index (χ2v) is 3.82. The van der Waals surface area contributed by atoms with E-state index in [1.807, 2.05) is 20.8 Å². The van der Waals surface area contributed by atoms with Gasteiger partial charge in [-0.2, -0.15) is 4.80 Å². The first-order valence-electron chi connectivity index (χ1n) is 3.62. The Hall–Kier alpha value is -0.770. The summed E-state index contributed by atoms with van der Waals surface area (Å²) >= 11 is 5.73. The van der Waals surface area contributed by atoms with Crippen molar-refractivity contribution in [3.05, 3.63) is 5.15 Å². The molecule has 0 atom stereocenters. The van der Waals surface area contributed by atoms with E-state index in [-0.39, 0.29) is 5.54 Å². The Labute approximate surface area is 76.5 Å². The number of ether oxygens (including phenoxy) is 1. The second kappa shape index (κ2) is 2.94. The van der Waals surface area contributed by atoms with E-state index in [1.165, 1.54) is 11.9 Å². The molecule has 0 aromatic carbocycles. The average molecular weight is 190 g/mol. The first-order valence-corrected chi connectivity index (χ1v) is 4.00. The number of hydrogen-bond acceptors (Lipinski definition) is 3. The van der Waals surface area contributed by atoms with Gasteiger partial charge in [-0.3, -0.25) is 0 Å². The van der Waals surface area contributed by atoms with E-state index in [0.29, 0.717) is 11.0 Å². The average Bonchev–Trinajstić information content (AvgIpc) is 2.29. The van der Waals surface area contributed by atoms with E-state index in [1.54, 1.807) is 0 Å². The van der Waals surface area contributed by atoms with Gasteiger partial charge >= 0.3 is 0 Å². The van der Waals surface area contributed by atoms with Gasteiger partial charge in [0, 0.05) is 0 Å². The van der Waals surface area contributed by atoms with Crippen molar-refractivity contribution in [2.75, 3.05) is 7.11 Å². The summed E-state index contributed by atoms with van der Waals surface area (Å²) in [5.41, 5.74) is -0.166. The minimum atomic E-state index is -0.166. The van der Waals surface area contributed by atoms with Gasteiger partial charge in [0.1, 0.15) is 0 Å². The van der Waals surface area contributed by atoms with Gasteiger partial charge in [-0.05, 0) is 20.8 Å².